The van der Waals surface area contributed by atoms with Gasteiger partial charge in [-0.2, -0.15) is 4.98 Å². The summed E-state index contributed by atoms with van der Waals surface area (Å²) in [7, 11) is 0. The monoisotopic (exact) mass is 528 g/mol. The van der Waals surface area contributed by atoms with Gasteiger partial charge in [-0.25, -0.2) is 9.37 Å². The number of ether oxygens (including phenoxy) is 1. The second-order valence-electron chi connectivity index (χ2n) is 8.99. The van der Waals surface area contributed by atoms with Crippen molar-refractivity contribution >= 4 is 29.0 Å². The molecule has 2 heterocycles. The third-order valence-corrected chi connectivity index (χ3v) is 6.42. The number of morpholine rings is 1. The number of hydrazine groups is 1. The highest BCUT2D eigenvalue weighted by molar-refractivity contribution is 5.96. The second kappa shape index (κ2) is 11.8. The lowest BCUT2D eigenvalue weighted by Gasteiger charge is -2.28. The molecule has 9 nitrogen and oxygen atoms in total. The molecule has 0 aliphatic carbocycles. The lowest BCUT2D eigenvalue weighted by atomic mass is 10.0. The van der Waals surface area contributed by atoms with Crippen LogP contribution >= 0.6 is 0 Å². The molecule has 4 N–H and O–H groups in total. The largest absolute Gasteiger partial charge is 0.507 e. The van der Waals surface area contributed by atoms with Crippen molar-refractivity contribution in [2.75, 3.05) is 41.9 Å². The molecule has 1 aromatic heterocycles. The molecule has 1 aliphatic heterocycles. The van der Waals surface area contributed by atoms with E-state index in [-0.39, 0.29) is 23.4 Å². The quantitative estimate of drug-likeness (QED) is 0.239. The van der Waals surface area contributed by atoms with Gasteiger partial charge in [0.2, 0.25) is 5.95 Å². The van der Waals surface area contributed by atoms with E-state index in [1.807, 2.05) is 55.5 Å². The molecule has 4 aromatic rings. The number of rotatable bonds is 8. The van der Waals surface area contributed by atoms with E-state index in [9.17, 15) is 14.3 Å². The molecular weight excluding hydrogens is 499 g/mol. The highest BCUT2D eigenvalue weighted by atomic mass is 19.1. The number of aryl methyl sites for hydroxylation is 1. The molecule has 1 saturated heterocycles. The number of aromatic nitrogens is 2. The molecule has 39 heavy (non-hydrogen) atoms. The number of anilines is 4. The number of phenols is 1. The summed E-state index contributed by atoms with van der Waals surface area (Å²) < 4.78 is 19.6. The lowest BCUT2D eigenvalue weighted by Crippen LogP contribution is -2.38. The maximum absolute atomic E-state index is 14.3. The predicted molar refractivity (Wildman–Crippen MR) is 149 cm³/mol. The molecule has 0 radical (unpaired) electrons. The predicted octanol–water partition coefficient (Wildman–Crippen LogP) is 4.89. The Morgan fingerprint density at radius 2 is 1.85 bits per heavy atom. The van der Waals surface area contributed by atoms with Crippen molar-refractivity contribution in [1.82, 2.24) is 15.4 Å². The van der Waals surface area contributed by atoms with Crippen LogP contribution in [0, 0.1) is 5.82 Å². The van der Waals surface area contributed by atoms with E-state index >= 15 is 0 Å². The number of phenolic OH excluding ortho intramolecular Hbond substituents is 1. The van der Waals surface area contributed by atoms with Gasteiger partial charge in [0.1, 0.15) is 5.75 Å². The van der Waals surface area contributed by atoms with E-state index in [0.29, 0.717) is 38.3 Å². The summed E-state index contributed by atoms with van der Waals surface area (Å²) in [6, 6.07) is 20.4. The molecule has 0 unspecified atom stereocenters. The van der Waals surface area contributed by atoms with Gasteiger partial charge in [-0.1, -0.05) is 37.3 Å². The molecular formula is C29H29FN6O3. The topological polar surface area (TPSA) is 112 Å². The minimum Gasteiger partial charge on any atom is -0.507 e. The molecule has 0 spiro atoms. The number of nitrogens with one attached hydrogen (secondary N) is 3. The molecule has 1 amide bonds. The van der Waals surface area contributed by atoms with E-state index in [1.165, 1.54) is 0 Å². The summed E-state index contributed by atoms with van der Waals surface area (Å²) in [6.07, 6.45) is 1.71. The minimum absolute atomic E-state index is 0.0897. The van der Waals surface area contributed by atoms with Gasteiger partial charge in [-0.3, -0.25) is 15.6 Å². The van der Waals surface area contributed by atoms with Crippen LogP contribution in [0.5, 0.6) is 5.75 Å². The van der Waals surface area contributed by atoms with Crippen LogP contribution in [0.3, 0.4) is 0 Å². The van der Waals surface area contributed by atoms with Crippen molar-refractivity contribution in [2.45, 2.75) is 13.3 Å². The number of halogens is 1. The Morgan fingerprint density at radius 1 is 1.05 bits per heavy atom. The number of carbonyl (C=O) groups excluding carboxylic acids is 1. The van der Waals surface area contributed by atoms with Crippen LogP contribution in [0.15, 0.2) is 72.9 Å². The fourth-order valence-electron chi connectivity index (χ4n) is 4.43. The van der Waals surface area contributed by atoms with E-state index < -0.39 is 5.82 Å². The SMILES string of the molecule is CCc1cc(Nc2cccc(-c3ccccc3O)c2)ccc1C(=O)NNc1ncc(F)c(N2CCOCC2)n1. The van der Waals surface area contributed by atoms with Gasteiger partial charge >= 0.3 is 0 Å². The number of hydrogen-bond donors (Lipinski definition) is 4. The summed E-state index contributed by atoms with van der Waals surface area (Å²) in [5.41, 5.74) is 9.95. The zero-order valence-corrected chi connectivity index (χ0v) is 21.4. The molecule has 10 heteroatoms. The zero-order valence-electron chi connectivity index (χ0n) is 21.4. The number of nitrogens with zero attached hydrogens (tertiary/aromatic N) is 3. The van der Waals surface area contributed by atoms with Gasteiger partial charge in [0.05, 0.1) is 19.4 Å². The van der Waals surface area contributed by atoms with Crippen molar-refractivity contribution in [3.05, 3.63) is 89.9 Å². The Labute approximate surface area is 225 Å². The van der Waals surface area contributed by atoms with Crippen molar-refractivity contribution in [1.29, 1.82) is 0 Å². The maximum Gasteiger partial charge on any atom is 0.269 e. The van der Waals surface area contributed by atoms with Gasteiger partial charge in [-0.15, -0.1) is 0 Å². The standard InChI is InChI=1S/C29H29FN6O3/c1-2-19-16-22(32-21-7-5-6-20(17-21)23-8-3-4-9-26(23)37)10-11-24(19)28(38)34-35-29-31-18-25(30)27(33-29)36-12-14-39-15-13-36/h3-11,16-18,32,37H,2,12-15H2,1H3,(H,34,38)(H,31,33,35). The first kappa shape index (κ1) is 25.9. The summed E-state index contributed by atoms with van der Waals surface area (Å²) in [4.78, 5) is 22.9. The van der Waals surface area contributed by atoms with Crippen LogP contribution in [-0.2, 0) is 11.2 Å². The number of benzene rings is 3. The van der Waals surface area contributed by atoms with Crippen LogP contribution in [-0.4, -0.2) is 47.3 Å². The van der Waals surface area contributed by atoms with Crippen LogP contribution < -0.4 is 21.1 Å². The molecule has 1 fully saturated rings. The van der Waals surface area contributed by atoms with E-state index in [2.05, 4.69) is 26.1 Å². The fraction of sp³-hybridized carbons (Fsp3) is 0.207. The van der Waals surface area contributed by atoms with E-state index in [4.69, 9.17) is 4.74 Å². The normalized spacial score (nSPS) is 13.1. The van der Waals surface area contributed by atoms with Crippen molar-refractivity contribution in [2.24, 2.45) is 0 Å². The highest BCUT2D eigenvalue weighted by Crippen LogP contribution is 2.31. The third kappa shape index (κ3) is 6.07. The molecule has 1 aliphatic rings. The van der Waals surface area contributed by atoms with E-state index in [1.54, 1.807) is 23.1 Å². The summed E-state index contributed by atoms with van der Waals surface area (Å²) in [6.45, 7) is 4.02. The number of carbonyl (C=O) groups is 1. The van der Waals surface area contributed by atoms with Crippen LogP contribution in [0.1, 0.15) is 22.8 Å². The zero-order chi connectivity index (χ0) is 27.2. The summed E-state index contributed by atoms with van der Waals surface area (Å²) in [5, 5.41) is 13.6. The Morgan fingerprint density at radius 3 is 2.64 bits per heavy atom. The average molecular weight is 529 g/mol. The first-order valence-corrected chi connectivity index (χ1v) is 12.7. The molecule has 5 rings (SSSR count). The van der Waals surface area contributed by atoms with Gasteiger partial charge in [0.15, 0.2) is 11.6 Å². The Bertz CT molecular complexity index is 1480. The molecule has 0 bridgehead atoms. The molecule has 3 aromatic carbocycles. The number of para-hydroxylation sites is 1. The fourth-order valence-corrected chi connectivity index (χ4v) is 4.43. The number of amides is 1. The highest BCUT2D eigenvalue weighted by Gasteiger charge is 2.18. The first-order chi connectivity index (χ1) is 19.0. The Hall–Kier alpha value is -4.70. The minimum atomic E-state index is -0.531. The van der Waals surface area contributed by atoms with Gasteiger partial charge in [0.25, 0.3) is 5.91 Å². The van der Waals surface area contributed by atoms with Gasteiger partial charge in [-0.05, 0) is 53.9 Å². The van der Waals surface area contributed by atoms with Crippen LogP contribution in [0.25, 0.3) is 11.1 Å². The second-order valence-corrected chi connectivity index (χ2v) is 8.99. The Balaban J connectivity index is 1.27. The summed E-state index contributed by atoms with van der Waals surface area (Å²) in [5.74, 6) is -0.416. The van der Waals surface area contributed by atoms with Crippen LogP contribution in [0.4, 0.5) is 27.5 Å². The first-order valence-electron chi connectivity index (χ1n) is 12.7. The maximum atomic E-state index is 14.3. The summed E-state index contributed by atoms with van der Waals surface area (Å²) >= 11 is 0. The smallest absolute Gasteiger partial charge is 0.269 e. The molecule has 0 atom stereocenters. The van der Waals surface area contributed by atoms with E-state index in [0.717, 1.165) is 34.3 Å². The van der Waals surface area contributed by atoms with Crippen molar-refractivity contribution in [3.8, 4) is 16.9 Å². The van der Waals surface area contributed by atoms with Crippen molar-refractivity contribution in [3.63, 3.8) is 0 Å². The van der Waals surface area contributed by atoms with Crippen molar-refractivity contribution < 1.29 is 19.0 Å². The number of aromatic hydroxyl groups is 1. The van der Waals surface area contributed by atoms with Gasteiger partial charge < -0.3 is 20.1 Å². The van der Waals surface area contributed by atoms with Gasteiger partial charge in [0, 0.05) is 35.6 Å². The third-order valence-electron chi connectivity index (χ3n) is 6.42. The molecule has 200 valence electrons. The Kier molecular flexibility index (Phi) is 7.83. The number of hydrogen-bond acceptors (Lipinski definition) is 8. The molecule has 0 saturated carbocycles. The van der Waals surface area contributed by atoms with Crippen LogP contribution in [0.2, 0.25) is 0 Å². The average Bonchev–Trinajstić information content (AvgIpc) is 2.97. The lowest BCUT2D eigenvalue weighted by molar-refractivity contribution is 0.0961.